The molecule has 47 heavy (non-hydrogen) atoms. The molecule has 8 nitrogen and oxygen atoms in total. The van der Waals surface area contributed by atoms with Crippen molar-refractivity contribution < 1.29 is 22.7 Å². The van der Waals surface area contributed by atoms with Crippen molar-refractivity contribution in [1.29, 1.82) is 0 Å². The van der Waals surface area contributed by atoms with Crippen molar-refractivity contribution in [1.82, 2.24) is 10.2 Å². The van der Waals surface area contributed by atoms with Gasteiger partial charge in [0.15, 0.2) is 0 Å². The van der Waals surface area contributed by atoms with Crippen molar-refractivity contribution in [3.63, 3.8) is 0 Å². The van der Waals surface area contributed by atoms with Gasteiger partial charge < -0.3 is 15.0 Å². The lowest BCUT2D eigenvalue weighted by Crippen LogP contribution is -2.53. The first-order chi connectivity index (χ1) is 22.7. The van der Waals surface area contributed by atoms with Gasteiger partial charge in [0.25, 0.3) is 10.0 Å². The zero-order chi connectivity index (χ0) is 33.2. The highest BCUT2D eigenvalue weighted by Crippen LogP contribution is 2.29. The van der Waals surface area contributed by atoms with Crippen molar-refractivity contribution >= 4 is 39.1 Å². The Labute approximate surface area is 280 Å². The number of ether oxygens (including phenoxy) is 1. The number of carbonyl (C=O) groups is 2. The summed E-state index contributed by atoms with van der Waals surface area (Å²) in [5.74, 6) is 0.163. The lowest BCUT2D eigenvalue weighted by atomic mass is 10.0. The molecule has 0 aromatic heterocycles. The van der Waals surface area contributed by atoms with E-state index in [2.05, 4.69) is 5.32 Å². The van der Waals surface area contributed by atoms with E-state index in [0.29, 0.717) is 22.1 Å². The van der Waals surface area contributed by atoms with Gasteiger partial charge in [0, 0.05) is 25.0 Å². The monoisotopic (exact) mass is 667 g/mol. The molecule has 2 amide bonds. The van der Waals surface area contributed by atoms with Gasteiger partial charge in [-0.2, -0.15) is 0 Å². The summed E-state index contributed by atoms with van der Waals surface area (Å²) in [5, 5.41) is 3.15. The van der Waals surface area contributed by atoms with Crippen molar-refractivity contribution in [2.75, 3.05) is 17.9 Å². The van der Waals surface area contributed by atoms with Gasteiger partial charge in [-0.15, -0.1) is 0 Å². The summed E-state index contributed by atoms with van der Waals surface area (Å²) < 4.78 is 35.3. The second-order valence-corrected chi connectivity index (χ2v) is 13.0. The molecule has 1 atom stereocenters. The SMILES string of the molecule is CNC(=O)[C@H](Cc1ccccc1)N(Cc1cccc(Cl)c1)C(=O)CN(c1ccc(Oc2ccccc2)cc1)S(=O)(=O)c1ccccc1. The first-order valence-electron chi connectivity index (χ1n) is 14.9. The van der Waals surface area contributed by atoms with Crippen molar-refractivity contribution in [3.05, 3.63) is 156 Å². The number of rotatable bonds is 13. The fourth-order valence-corrected chi connectivity index (χ4v) is 6.75. The maximum atomic E-state index is 14.4. The number of benzene rings is 5. The Bertz CT molecular complexity index is 1890. The van der Waals surface area contributed by atoms with E-state index in [-0.39, 0.29) is 29.5 Å². The second-order valence-electron chi connectivity index (χ2n) is 10.7. The molecule has 0 aliphatic rings. The molecule has 0 unspecified atom stereocenters. The number of sulfonamides is 1. The predicted octanol–water partition coefficient (Wildman–Crippen LogP) is 6.71. The third-order valence-electron chi connectivity index (χ3n) is 7.47. The summed E-state index contributed by atoms with van der Waals surface area (Å²) in [5.41, 5.74) is 1.78. The van der Waals surface area contributed by atoms with E-state index >= 15 is 0 Å². The van der Waals surface area contributed by atoms with Gasteiger partial charge in [-0.1, -0.05) is 90.5 Å². The molecule has 0 spiro atoms. The van der Waals surface area contributed by atoms with Crippen LogP contribution in [-0.4, -0.2) is 44.8 Å². The van der Waals surface area contributed by atoms with E-state index in [0.717, 1.165) is 9.87 Å². The molecule has 1 N–H and O–H groups in total. The standard InChI is InChI=1S/C37H34ClN3O5S/c1-39-37(43)35(25-28-12-5-2-6-13-28)40(26-29-14-11-15-30(38)24-29)36(42)27-41(47(44,45)34-18-9-4-10-19-34)31-20-22-33(23-21-31)46-32-16-7-3-8-17-32/h2-24,35H,25-27H2,1H3,(H,39,43)/t35-/m0/s1. The van der Waals surface area contributed by atoms with Gasteiger partial charge in [0.2, 0.25) is 11.8 Å². The highest BCUT2D eigenvalue weighted by atomic mass is 35.5. The number of hydrogen-bond donors (Lipinski definition) is 1. The number of likely N-dealkylation sites (N-methyl/N-ethyl adjacent to an activating group) is 1. The Balaban J connectivity index is 1.53. The summed E-state index contributed by atoms with van der Waals surface area (Å²) in [7, 11) is -2.71. The molecule has 0 saturated heterocycles. The van der Waals surface area contributed by atoms with Crippen LogP contribution >= 0.6 is 11.6 Å². The minimum absolute atomic E-state index is 0.0194. The van der Waals surface area contributed by atoms with Gasteiger partial charge in [-0.05, 0) is 71.8 Å². The van der Waals surface area contributed by atoms with Crippen LogP contribution in [0.15, 0.2) is 144 Å². The summed E-state index contributed by atoms with van der Waals surface area (Å²) in [6, 6.07) is 39.0. The normalized spacial score (nSPS) is 11.7. The Morgan fingerprint density at radius 3 is 1.94 bits per heavy atom. The molecule has 0 fully saturated rings. The molecule has 5 rings (SSSR count). The summed E-state index contributed by atoms with van der Waals surface area (Å²) in [4.78, 5) is 29.3. The van der Waals surface area contributed by atoms with E-state index in [9.17, 15) is 18.0 Å². The molecule has 0 radical (unpaired) electrons. The fourth-order valence-electron chi connectivity index (χ4n) is 5.11. The summed E-state index contributed by atoms with van der Waals surface area (Å²) >= 11 is 6.28. The number of halogens is 1. The van der Waals surface area contributed by atoms with Crippen LogP contribution in [0.2, 0.25) is 5.02 Å². The topological polar surface area (TPSA) is 96.0 Å². The van der Waals surface area contributed by atoms with Gasteiger partial charge >= 0.3 is 0 Å². The third kappa shape index (κ3) is 8.58. The maximum Gasteiger partial charge on any atom is 0.264 e. The number of para-hydroxylation sites is 1. The molecule has 0 bridgehead atoms. The van der Waals surface area contributed by atoms with Crippen LogP contribution < -0.4 is 14.4 Å². The molecular formula is C37H34ClN3O5S. The average molecular weight is 668 g/mol. The van der Waals surface area contributed by atoms with Gasteiger partial charge in [0.1, 0.15) is 24.1 Å². The van der Waals surface area contributed by atoms with Crippen LogP contribution in [-0.2, 0) is 32.6 Å². The zero-order valence-electron chi connectivity index (χ0n) is 25.7. The Morgan fingerprint density at radius 1 is 0.745 bits per heavy atom. The van der Waals surface area contributed by atoms with E-state index in [4.69, 9.17) is 16.3 Å². The quantitative estimate of drug-likeness (QED) is 0.151. The molecule has 0 aliphatic heterocycles. The van der Waals surface area contributed by atoms with E-state index in [1.54, 1.807) is 66.7 Å². The first-order valence-corrected chi connectivity index (χ1v) is 16.8. The fraction of sp³-hybridized carbons (Fsp3) is 0.135. The lowest BCUT2D eigenvalue weighted by Gasteiger charge is -2.33. The van der Waals surface area contributed by atoms with Crippen molar-refractivity contribution in [2.45, 2.75) is 23.9 Å². The second kappa shape index (κ2) is 15.4. The Kier molecular flexibility index (Phi) is 10.9. The minimum Gasteiger partial charge on any atom is -0.457 e. The predicted molar refractivity (Wildman–Crippen MR) is 184 cm³/mol. The highest BCUT2D eigenvalue weighted by molar-refractivity contribution is 7.92. The number of amides is 2. The molecule has 0 saturated carbocycles. The Hall–Kier alpha value is -5.12. The number of anilines is 1. The lowest BCUT2D eigenvalue weighted by molar-refractivity contribution is -0.139. The molecular weight excluding hydrogens is 634 g/mol. The van der Waals surface area contributed by atoms with Crippen LogP contribution in [0.5, 0.6) is 11.5 Å². The number of hydrogen-bond acceptors (Lipinski definition) is 5. The van der Waals surface area contributed by atoms with Crippen LogP contribution in [0.1, 0.15) is 11.1 Å². The zero-order valence-corrected chi connectivity index (χ0v) is 27.3. The molecule has 10 heteroatoms. The van der Waals surface area contributed by atoms with E-state index < -0.39 is 28.5 Å². The summed E-state index contributed by atoms with van der Waals surface area (Å²) in [6.07, 6.45) is 0.212. The van der Waals surface area contributed by atoms with Crippen LogP contribution in [0.3, 0.4) is 0 Å². The largest absolute Gasteiger partial charge is 0.457 e. The van der Waals surface area contributed by atoms with Crippen molar-refractivity contribution in [3.8, 4) is 11.5 Å². The van der Waals surface area contributed by atoms with Crippen LogP contribution in [0.4, 0.5) is 5.69 Å². The van der Waals surface area contributed by atoms with Gasteiger partial charge in [-0.25, -0.2) is 8.42 Å². The first kappa shape index (κ1) is 33.2. The number of nitrogens with one attached hydrogen (secondary N) is 1. The molecule has 0 aliphatic carbocycles. The van der Waals surface area contributed by atoms with E-state index in [1.807, 2.05) is 60.7 Å². The molecule has 240 valence electrons. The minimum atomic E-state index is -4.22. The van der Waals surface area contributed by atoms with Gasteiger partial charge in [-0.3, -0.25) is 13.9 Å². The molecule has 5 aromatic carbocycles. The van der Waals surface area contributed by atoms with Crippen molar-refractivity contribution in [2.24, 2.45) is 0 Å². The van der Waals surface area contributed by atoms with Crippen LogP contribution in [0, 0.1) is 0 Å². The van der Waals surface area contributed by atoms with Crippen LogP contribution in [0.25, 0.3) is 0 Å². The molecule has 5 aromatic rings. The molecule has 0 heterocycles. The van der Waals surface area contributed by atoms with Gasteiger partial charge in [0.05, 0.1) is 10.6 Å². The number of nitrogens with zero attached hydrogens (tertiary/aromatic N) is 2. The summed E-state index contributed by atoms with van der Waals surface area (Å²) in [6.45, 7) is -0.549. The highest BCUT2D eigenvalue weighted by Gasteiger charge is 2.34. The maximum absolute atomic E-state index is 14.4. The third-order valence-corrected chi connectivity index (χ3v) is 9.50. The van der Waals surface area contributed by atoms with E-state index in [1.165, 1.54) is 24.1 Å². The number of carbonyl (C=O) groups excluding carboxylic acids is 2. The average Bonchev–Trinajstić information content (AvgIpc) is 3.10. The smallest absolute Gasteiger partial charge is 0.264 e. The Morgan fingerprint density at radius 2 is 1.32 bits per heavy atom.